The average molecular weight is 285 g/mol. The predicted octanol–water partition coefficient (Wildman–Crippen LogP) is 1.14. The summed E-state index contributed by atoms with van der Waals surface area (Å²) < 4.78 is 1.63. The Labute approximate surface area is 123 Å². The topological polar surface area (TPSA) is 77.0 Å². The summed E-state index contributed by atoms with van der Waals surface area (Å²) in [4.78, 5) is 14.3. The minimum absolute atomic E-state index is 0.0816. The number of carbonyl (C=O) groups excluding carboxylic acids is 1. The molecule has 1 aliphatic heterocycles. The van der Waals surface area contributed by atoms with Crippen molar-refractivity contribution in [2.75, 3.05) is 13.1 Å². The highest BCUT2D eigenvalue weighted by Crippen LogP contribution is 2.19. The molecule has 1 aliphatic rings. The van der Waals surface area contributed by atoms with Gasteiger partial charge >= 0.3 is 0 Å². The molecule has 0 radical (unpaired) electrons. The number of nitrogens with zero attached hydrogens (tertiary/aromatic N) is 4. The summed E-state index contributed by atoms with van der Waals surface area (Å²) in [6.07, 6.45) is 3.65. The molecule has 21 heavy (non-hydrogen) atoms. The Bertz CT molecular complexity index is 651. The first-order valence-corrected chi connectivity index (χ1v) is 7.19. The normalized spacial score (nSPS) is 18.2. The summed E-state index contributed by atoms with van der Waals surface area (Å²) in [5, 5.41) is 8.08. The Morgan fingerprint density at radius 3 is 3.10 bits per heavy atom. The van der Waals surface area contributed by atoms with Crippen LogP contribution in [0.25, 0.3) is 5.69 Å². The van der Waals surface area contributed by atoms with Gasteiger partial charge in [0.2, 0.25) is 0 Å². The second-order valence-corrected chi connectivity index (χ2v) is 5.42. The number of rotatable bonds is 3. The molecule has 0 saturated carbocycles. The molecule has 1 amide bonds. The summed E-state index contributed by atoms with van der Waals surface area (Å²) in [5.41, 5.74) is 8.13. The highest BCUT2D eigenvalue weighted by Gasteiger charge is 2.29. The third-order valence-corrected chi connectivity index (χ3v) is 3.89. The first-order valence-electron chi connectivity index (χ1n) is 7.19. The fourth-order valence-electron chi connectivity index (χ4n) is 2.75. The van der Waals surface area contributed by atoms with Gasteiger partial charge in [-0.15, -0.1) is 5.10 Å². The van der Waals surface area contributed by atoms with Crippen LogP contribution in [0.5, 0.6) is 0 Å². The van der Waals surface area contributed by atoms with E-state index in [1.54, 1.807) is 10.9 Å². The van der Waals surface area contributed by atoms with Crippen molar-refractivity contribution >= 4 is 5.91 Å². The van der Waals surface area contributed by atoms with Crippen LogP contribution < -0.4 is 5.73 Å². The molecule has 6 nitrogen and oxygen atoms in total. The zero-order valence-corrected chi connectivity index (χ0v) is 12.1. The summed E-state index contributed by atoms with van der Waals surface area (Å²) in [5.74, 6) is -0.0816. The number of likely N-dealkylation sites (tertiary alicyclic amines) is 1. The lowest BCUT2D eigenvalue weighted by molar-refractivity contribution is 0.0735. The molecule has 0 spiro atoms. The number of benzene rings is 1. The zero-order chi connectivity index (χ0) is 14.8. The molecular formula is C15H19N5O. The lowest BCUT2D eigenvalue weighted by Crippen LogP contribution is -2.40. The van der Waals surface area contributed by atoms with E-state index in [-0.39, 0.29) is 11.9 Å². The van der Waals surface area contributed by atoms with E-state index in [9.17, 15) is 4.79 Å². The van der Waals surface area contributed by atoms with Crippen molar-refractivity contribution < 1.29 is 4.79 Å². The summed E-state index contributed by atoms with van der Waals surface area (Å²) in [6, 6.07) is 8.04. The molecule has 1 unspecified atom stereocenters. The van der Waals surface area contributed by atoms with Crippen LogP contribution in [0.1, 0.15) is 28.9 Å². The second kappa shape index (κ2) is 5.65. The first-order chi connectivity index (χ1) is 10.2. The number of nitrogens with two attached hydrogens (primary N) is 1. The van der Waals surface area contributed by atoms with Gasteiger partial charge in [-0.05, 0) is 37.5 Å². The van der Waals surface area contributed by atoms with Crippen molar-refractivity contribution in [3.05, 3.63) is 41.7 Å². The molecule has 2 heterocycles. The van der Waals surface area contributed by atoms with Gasteiger partial charge in [-0.2, -0.15) is 0 Å². The fourth-order valence-corrected chi connectivity index (χ4v) is 2.75. The Morgan fingerprint density at radius 2 is 2.33 bits per heavy atom. The Morgan fingerprint density at radius 1 is 1.48 bits per heavy atom. The molecule has 1 atom stereocenters. The largest absolute Gasteiger partial charge is 0.333 e. The number of aryl methyl sites for hydroxylation is 1. The SMILES string of the molecule is Cc1cccc(-n2cc(C(=O)N3CCCC3CN)nn2)c1. The van der Waals surface area contributed by atoms with Crippen molar-refractivity contribution in [1.82, 2.24) is 19.9 Å². The highest BCUT2D eigenvalue weighted by atomic mass is 16.2. The molecule has 3 rings (SSSR count). The Balaban J connectivity index is 1.83. The van der Waals surface area contributed by atoms with Gasteiger partial charge in [-0.3, -0.25) is 4.79 Å². The minimum atomic E-state index is -0.0816. The van der Waals surface area contributed by atoms with Crippen LogP contribution in [0, 0.1) is 6.92 Å². The summed E-state index contributed by atoms with van der Waals surface area (Å²) >= 11 is 0. The van der Waals surface area contributed by atoms with Gasteiger partial charge in [-0.1, -0.05) is 17.3 Å². The van der Waals surface area contributed by atoms with E-state index < -0.39 is 0 Å². The van der Waals surface area contributed by atoms with E-state index in [2.05, 4.69) is 10.3 Å². The van der Waals surface area contributed by atoms with E-state index in [1.165, 1.54) is 0 Å². The number of aromatic nitrogens is 3. The smallest absolute Gasteiger partial charge is 0.276 e. The van der Waals surface area contributed by atoms with Crippen molar-refractivity contribution in [3.8, 4) is 5.69 Å². The number of amides is 1. The van der Waals surface area contributed by atoms with Gasteiger partial charge in [0.25, 0.3) is 5.91 Å². The van der Waals surface area contributed by atoms with E-state index in [0.29, 0.717) is 12.2 Å². The van der Waals surface area contributed by atoms with E-state index >= 15 is 0 Å². The molecule has 0 aliphatic carbocycles. The van der Waals surface area contributed by atoms with E-state index in [1.807, 2.05) is 36.1 Å². The lowest BCUT2D eigenvalue weighted by Gasteiger charge is -2.22. The second-order valence-electron chi connectivity index (χ2n) is 5.42. The molecule has 1 aromatic heterocycles. The molecule has 0 bridgehead atoms. The summed E-state index contributed by atoms with van der Waals surface area (Å²) in [6.45, 7) is 3.26. The third-order valence-electron chi connectivity index (χ3n) is 3.89. The lowest BCUT2D eigenvalue weighted by atomic mass is 10.2. The molecule has 1 fully saturated rings. The molecule has 1 aromatic carbocycles. The molecule has 1 saturated heterocycles. The van der Waals surface area contributed by atoms with Crippen LogP contribution in [-0.4, -0.2) is 44.9 Å². The van der Waals surface area contributed by atoms with Gasteiger partial charge in [0, 0.05) is 19.1 Å². The molecule has 6 heteroatoms. The van der Waals surface area contributed by atoms with Gasteiger partial charge in [-0.25, -0.2) is 4.68 Å². The maximum absolute atomic E-state index is 12.5. The minimum Gasteiger partial charge on any atom is -0.333 e. The van der Waals surface area contributed by atoms with Gasteiger partial charge in [0.15, 0.2) is 5.69 Å². The quantitative estimate of drug-likeness (QED) is 0.917. The van der Waals surface area contributed by atoms with Crippen molar-refractivity contribution in [2.45, 2.75) is 25.8 Å². The molecule has 110 valence electrons. The molecule has 2 aromatic rings. The van der Waals surface area contributed by atoms with Crippen LogP contribution in [0.15, 0.2) is 30.5 Å². The summed E-state index contributed by atoms with van der Waals surface area (Å²) in [7, 11) is 0. The van der Waals surface area contributed by atoms with Crippen molar-refractivity contribution in [3.63, 3.8) is 0 Å². The van der Waals surface area contributed by atoms with Crippen LogP contribution in [0.3, 0.4) is 0 Å². The Kier molecular flexibility index (Phi) is 3.70. The maximum Gasteiger partial charge on any atom is 0.276 e. The first kappa shape index (κ1) is 13.8. The van der Waals surface area contributed by atoms with Crippen LogP contribution in [0.2, 0.25) is 0 Å². The van der Waals surface area contributed by atoms with E-state index in [0.717, 1.165) is 30.6 Å². The number of carbonyl (C=O) groups is 1. The van der Waals surface area contributed by atoms with Gasteiger partial charge in [0.05, 0.1) is 11.9 Å². The van der Waals surface area contributed by atoms with Crippen LogP contribution in [-0.2, 0) is 0 Å². The van der Waals surface area contributed by atoms with Crippen molar-refractivity contribution in [1.29, 1.82) is 0 Å². The number of hydrogen-bond acceptors (Lipinski definition) is 4. The highest BCUT2D eigenvalue weighted by molar-refractivity contribution is 5.92. The van der Waals surface area contributed by atoms with Gasteiger partial charge < -0.3 is 10.6 Å². The maximum atomic E-state index is 12.5. The van der Waals surface area contributed by atoms with E-state index in [4.69, 9.17) is 5.73 Å². The standard InChI is InChI=1S/C15H19N5O/c1-11-4-2-5-12(8-11)20-10-14(17-18-20)15(21)19-7-3-6-13(19)9-16/h2,4-5,8,10,13H,3,6-7,9,16H2,1H3. The monoisotopic (exact) mass is 285 g/mol. The van der Waals surface area contributed by atoms with Crippen LogP contribution in [0.4, 0.5) is 0 Å². The average Bonchev–Trinajstić information content (AvgIpc) is 3.15. The number of hydrogen-bond donors (Lipinski definition) is 1. The van der Waals surface area contributed by atoms with Gasteiger partial charge in [0.1, 0.15) is 0 Å². The molecule has 2 N–H and O–H groups in total. The zero-order valence-electron chi connectivity index (χ0n) is 12.1. The van der Waals surface area contributed by atoms with Crippen molar-refractivity contribution in [2.24, 2.45) is 5.73 Å². The van der Waals surface area contributed by atoms with Crippen LogP contribution >= 0.6 is 0 Å². The Hall–Kier alpha value is -2.21. The third kappa shape index (κ3) is 2.67. The molecular weight excluding hydrogens is 266 g/mol. The predicted molar refractivity (Wildman–Crippen MR) is 79.2 cm³/mol. The fraction of sp³-hybridized carbons (Fsp3) is 0.400.